The molecule has 0 aliphatic heterocycles. The number of amides is 1. The number of methoxy groups -OCH3 is 1. The summed E-state index contributed by atoms with van der Waals surface area (Å²) in [6, 6.07) is 8.99. The minimum Gasteiger partial charge on any atom is -0.497 e. The van der Waals surface area contributed by atoms with Crippen molar-refractivity contribution in [3.05, 3.63) is 57.2 Å². The zero-order chi connectivity index (χ0) is 17.1. The number of carbonyl (C=O) groups is 1. The molecule has 0 atom stereocenters. The monoisotopic (exact) mass is 406 g/mol. The van der Waals surface area contributed by atoms with Gasteiger partial charge in [0.1, 0.15) is 5.75 Å². The lowest BCUT2D eigenvalue weighted by molar-refractivity contribution is 0.0950. The molecule has 124 valence electrons. The van der Waals surface area contributed by atoms with E-state index in [0.29, 0.717) is 17.9 Å². The van der Waals surface area contributed by atoms with E-state index in [2.05, 4.69) is 26.2 Å². The van der Waals surface area contributed by atoms with Crippen LogP contribution in [0.4, 0.5) is 0 Å². The fourth-order valence-electron chi connectivity index (χ4n) is 2.16. The van der Waals surface area contributed by atoms with Crippen LogP contribution in [0.1, 0.15) is 20.9 Å². The Kier molecular flexibility index (Phi) is 5.01. The Hall–Kier alpha value is -2.12. The van der Waals surface area contributed by atoms with Gasteiger partial charge in [-0.3, -0.25) is 4.79 Å². The van der Waals surface area contributed by atoms with E-state index in [1.807, 2.05) is 19.1 Å². The van der Waals surface area contributed by atoms with Crippen molar-refractivity contribution in [2.24, 2.45) is 0 Å². The number of hydrogen-bond acceptors (Lipinski definition) is 5. The van der Waals surface area contributed by atoms with Crippen LogP contribution in [0.2, 0.25) is 0 Å². The topological polar surface area (TPSA) is 64.4 Å². The first-order chi connectivity index (χ1) is 11.6. The predicted octanol–water partition coefficient (Wildman–Crippen LogP) is 4.41. The first-order valence-corrected chi connectivity index (χ1v) is 8.81. The van der Waals surface area contributed by atoms with Gasteiger partial charge in [0, 0.05) is 9.35 Å². The van der Waals surface area contributed by atoms with Crippen molar-refractivity contribution in [1.82, 2.24) is 10.3 Å². The quantitative estimate of drug-likeness (QED) is 0.681. The molecule has 0 bridgehead atoms. The number of benzene rings is 1. The first kappa shape index (κ1) is 16.7. The Morgan fingerprint density at radius 1 is 1.42 bits per heavy atom. The van der Waals surface area contributed by atoms with E-state index in [-0.39, 0.29) is 5.91 Å². The number of halogens is 1. The number of hydrogen-bond donors (Lipinski definition) is 1. The third kappa shape index (κ3) is 3.52. The summed E-state index contributed by atoms with van der Waals surface area (Å²) in [5.74, 6) is 1.20. The highest BCUT2D eigenvalue weighted by Gasteiger charge is 2.15. The van der Waals surface area contributed by atoms with Crippen LogP contribution in [0.3, 0.4) is 0 Å². The summed E-state index contributed by atoms with van der Waals surface area (Å²) in [4.78, 5) is 17.9. The minimum atomic E-state index is -0.173. The maximum absolute atomic E-state index is 12.4. The first-order valence-electron chi connectivity index (χ1n) is 7.20. The van der Waals surface area contributed by atoms with Gasteiger partial charge in [-0.05, 0) is 53.2 Å². The van der Waals surface area contributed by atoms with E-state index in [9.17, 15) is 4.79 Å². The largest absolute Gasteiger partial charge is 0.497 e. The Labute approximate surface area is 151 Å². The van der Waals surface area contributed by atoms with Crippen molar-refractivity contribution in [2.75, 3.05) is 7.11 Å². The molecular formula is C17H15BrN2O3S. The molecule has 3 aromatic rings. The van der Waals surface area contributed by atoms with Crippen LogP contribution < -0.4 is 10.1 Å². The third-order valence-corrected chi connectivity index (χ3v) is 5.32. The van der Waals surface area contributed by atoms with Crippen molar-refractivity contribution in [3.8, 4) is 16.5 Å². The Bertz CT molecular complexity index is 859. The van der Waals surface area contributed by atoms with Crippen LogP contribution in [0.25, 0.3) is 10.8 Å². The van der Waals surface area contributed by atoms with Crippen LogP contribution in [-0.2, 0) is 6.54 Å². The highest BCUT2D eigenvalue weighted by molar-refractivity contribution is 9.10. The highest BCUT2D eigenvalue weighted by atomic mass is 79.9. The van der Waals surface area contributed by atoms with Crippen molar-refractivity contribution < 1.29 is 13.9 Å². The molecular weight excluding hydrogens is 392 g/mol. The van der Waals surface area contributed by atoms with Crippen LogP contribution in [0.15, 0.2) is 45.5 Å². The fourth-order valence-corrected chi connectivity index (χ4v) is 3.56. The number of rotatable bonds is 5. The Morgan fingerprint density at radius 3 is 2.96 bits per heavy atom. The second-order valence-corrected chi connectivity index (χ2v) is 6.97. The van der Waals surface area contributed by atoms with E-state index < -0.39 is 0 Å². The van der Waals surface area contributed by atoms with Gasteiger partial charge in [-0.1, -0.05) is 0 Å². The molecule has 0 unspecified atom stereocenters. The number of aromatic nitrogens is 1. The van der Waals surface area contributed by atoms with E-state index in [4.69, 9.17) is 9.15 Å². The molecule has 0 spiro atoms. The summed E-state index contributed by atoms with van der Waals surface area (Å²) >= 11 is 4.90. The molecule has 7 heteroatoms. The maximum Gasteiger partial charge on any atom is 0.252 e. The number of nitrogens with zero attached hydrogens (tertiary/aromatic N) is 1. The number of furan rings is 1. The average molecular weight is 407 g/mol. The summed E-state index contributed by atoms with van der Waals surface area (Å²) in [5.41, 5.74) is 1.42. The Morgan fingerprint density at radius 2 is 2.25 bits per heavy atom. The fraction of sp³-hybridized carbons (Fsp3) is 0.176. The van der Waals surface area contributed by atoms with Crippen LogP contribution in [0, 0.1) is 6.92 Å². The summed E-state index contributed by atoms with van der Waals surface area (Å²) in [5, 5.41) is 3.73. The predicted molar refractivity (Wildman–Crippen MR) is 96.4 cm³/mol. The SMILES string of the molecule is COc1ccc(Br)c(C(=O)NCc2sc(-c3ccco3)nc2C)c1. The van der Waals surface area contributed by atoms with Gasteiger partial charge in [-0.15, -0.1) is 11.3 Å². The van der Waals surface area contributed by atoms with E-state index in [0.717, 1.165) is 25.8 Å². The normalized spacial score (nSPS) is 10.6. The number of carbonyl (C=O) groups excluding carboxylic acids is 1. The number of nitrogens with one attached hydrogen (secondary N) is 1. The van der Waals surface area contributed by atoms with Crippen molar-refractivity contribution in [3.63, 3.8) is 0 Å². The molecule has 1 N–H and O–H groups in total. The summed E-state index contributed by atoms with van der Waals surface area (Å²) in [7, 11) is 1.57. The van der Waals surface area contributed by atoms with Gasteiger partial charge in [0.25, 0.3) is 5.91 Å². The minimum absolute atomic E-state index is 0.173. The molecule has 0 aliphatic carbocycles. The maximum atomic E-state index is 12.4. The van der Waals surface area contributed by atoms with Gasteiger partial charge < -0.3 is 14.5 Å². The molecule has 0 radical (unpaired) electrons. The lowest BCUT2D eigenvalue weighted by Gasteiger charge is -2.08. The molecule has 0 saturated carbocycles. The molecule has 0 saturated heterocycles. The van der Waals surface area contributed by atoms with Crippen molar-refractivity contribution in [1.29, 1.82) is 0 Å². The van der Waals surface area contributed by atoms with Gasteiger partial charge in [0.2, 0.25) is 0 Å². The van der Waals surface area contributed by atoms with Gasteiger partial charge >= 0.3 is 0 Å². The van der Waals surface area contributed by atoms with E-state index in [1.165, 1.54) is 11.3 Å². The average Bonchev–Trinajstić information content (AvgIpc) is 3.23. The molecule has 1 aromatic carbocycles. The zero-order valence-electron chi connectivity index (χ0n) is 13.1. The molecule has 0 aliphatic rings. The van der Waals surface area contributed by atoms with Crippen molar-refractivity contribution in [2.45, 2.75) is 13.5 Å². The molecule has 3 rings (SSSR count). The molecule has 2 aromatic heterocycles. The van der Waals surface area contributed by atoms with Gasteiger partial charge in [-0.25, -0.2) is 4.98 Å². The van der Waals surface area contributed by atoms with Gasteiger partial charge in [0.15, 0.2) is 10.8 Å². The third-order valence-electron chi connectivity index (χ3n) is 3.45. The standard InChI is InChI=1S/C17H15BrN2O3S/c1-10-15(24-17(20-10)14-4-3-7-23-14)9-19-16(21)12-8-11(22-2)5-6-13(12)18/h3-8H,9H2,1-2H3,(H,19,21). The molecule has 1 amide bonds. The van der Waals surface area contributed by atoms with E-state index >= 15 is 0 Å². The number of ether oxygens (including phenoxy) is 1. The Balaban J connectivity index is 1.73. The highest BCUT2D eigenvalue weighted by Crippen LogP contribution is 2.28. The molecule has 2 heterocycles. The number of aryl methyl sites for hydroxylation is 1. The van der Waals surface area contributed by atoms with Gasteiger partial charge in [0.05, 0.1) is 31.2 Å². The van der Waals surface area contributed by atoms with Crippen molar-refractivity contribution >= 4 is 33.2 Å². The van der Waals surface area contributed by atoms with E-state index in [1.54, 1.807) is 31.6 Å². The smallest absolute Gasteiger partial charge is 0.252 e. The van der Waals surface area contributed by atoms with Crippen LogP contribution in [-0.4, -0.2) is 18.0 Å². The summed E-state index contributed by atoms with van der Waals surface area (Å²) in [6.45, 7) is 2.33. The summed E-state index contributed by atoms with van der Waals surface area (Å²) < 4.78 is 11.3. The zero-order valence-corrected chi connectivity index (χ0v) is 15.5. The molecule has 0 fully saturated rings. The van der Waals surface area contributed by atoms with Crippen LogP contribution >= 0.6 is 27.3 Å². The summed E-state index contributed by atoms with van der Waals surface area (Å²) in [6.07, 6.45) is 1.62. The molecule has 5 nitrogen and oxygen atoms in total. The second-order valence-electron chi connectivity index (χ2n) is 5.03. The molecule has 24 heavy (non-hydrogen) atoms. The lowest BCUT2D eigenvalue weighted by Crippen LogP contribution is -2.23. The second kappa shape index (κ2) is 7.19. The lowest BCUT2D eigenvalue weighted by atomic mass is 10.2. The van der Waals surface area contributed by atoms with Crippen LogP contribution in [0.5, 0.6) is 5.75 Å². The number of thiazole rings is 1. The van der Waals surface area contributed by atoms with Gasteiger partial charge in [-0.2, -0.15) is 0 Å².